The molecule has 0 aliphatic rings. The molecule has 0 saturated carbocycles. The number of amides is 1. The maximum atomic E-state index is 12.6. The van der Waals surface area contributed by atoms with Gasteiger partial charge in [0.1, 0.15) is 5.82 Å². The van der Waals surface area contributed by atoms with Crippen LogP contribution in [0.5, 0.6) is 0 Å². The first kappa shape index (κ1) is 12.6. The molecule has 0 aliphatic heterocycles. The molecule has 0 fully saturated rings. The summed E-state index contributed by atoms with van der Waals surface area (Å²) in [6.07, 6.45) is -0.487. The van der Waals surface area contributed by atoms with Crippen LogP contribution in [0.2, 0.25) is 0 Å². The molecular formula is C11H15FN2O2. The zero-order chi connectivity index (χ0) is 12.0. The molecule has 0 aliphatic carbocycles. The largest absolute Gasteiger partial charge is 0.392 e. The molecule has 1 rings (SSSR count). The summed E-state index contributed by atoms with van der Waals surface area (Å²) in [6, 6.07) is 5.53. The van der Waals surface area contributed by atoms with Crippen molar-refractivity contribution in [3.63, 3.8) is 0 Å². The van der Waals surface area contributed by atoms with Crippen LogP contribution in [0.3, 0.4) is 0 Å². The molecule has 1 aromatic carbocycles. The van der Waals surface area contributed by atoms with E-state index in [4.69, 9.17) is 5.11 Å². The van der Waals surface area contributed by atoms with Gasteiger partial charge in [-0.2, -0.15) is 0 Å². The fraction of sp³-hybridized carbons (Fsp3) is 0.364. The Kier molecular flexibility index (Phi) is 4.88. The SMILES string of the molecule is CC(O)CNCC(=O)Nc1ccc(F)cc1. The van der Waals surface area contributed by atoms with E-state index < -0.39 is 6.10 Å². The van der Waals surface area contributed by atoms with Gasteiger partial charge in [0.15, 0.2) is 0 Å². The van der Waals surface area contributed by atoms with E-state index in [0.717, 1.165) is 0 Å². The summed E-state index contributed by atoms with van der Waals surface area (Å²) in [5, 5.41) is 14.3. The molecule has 88 valence electrons. The average molecular weight is 226 g/mol. The minimum atomic E-state index is -0.487. The highest BCUT2D eigenvalue weighted by atomic mass is 19.1. The van der Waals surface area contributed by atoms with Crippen LogP contribution >= 0.6 is 0 Å². The number of anilines is 1. The summed E-state index contributed by atoms with van der Waals surface area (Å²) in [4.78, 5) is 11.3. The molecule has 1 unspecified atom stereocenters. The summed E-state index contributed by atoms with van der Waals surface area (Å²) >= 11 is 0. The summed E-state index contributed by atoms with van der Waals surface area (Å²) < 4.78 is 12.6. The molecule has 1 atom stereocenters. The smallest absolute Gasteiger partial charge is 0.238 e. The van der Waals surface area contributed by atoms with Gasteiger partial charge in [-0.25, -0.2) is 4.39 Å². The lowest BCUT2D eigenvalue weighted by Gasteiger charge is -2.07. The number of aliphatic hydroxyl groups excluding tert-OH is 1. The Hall–Kier alpha value is -1.46. The molecule has 16 heavy (non-hydrogen) atoms. The maximum absolute atomic E-state index is 12.6. The minimum Gasteiger partial charge on any atom is -0.392 e. The predicted octanol–water partition coefficient (Wildman–Crippen LogP) is 0.735. The molecule has 0 aromatic heterocycles. The van der Waals surface area contributed by atoms with Gasteiger partial charge < -0.3 is 15.7 Å². The van der Waals surface area contributed by atoms with Crippen molar-refractivity contribution in [2.45, 2.75) is 13.0 Å². The van der Waals surface area contributed by atoms with Crippen LogP contribution in [-0.2, 0) is 4.79 Å². The third-order valence-corrected chi connectivity index (χ3v) is 1.85. The van der Waals surface area contributed by atoms with Crippen molar-refractivity contribution in [2.75, 3.05) is 18.4 Å². The van der Waals surface area contributed by atoms with Crippen LogP contribution in [0.25, 0.3) is 0 Å². The van der Waals surface area contributed by atoms with E-state index in [1.165, 1.54) is 24.3 Å². The number of halogens is 1. The van der Waals surface area contributed by atoms with E-state index in [9.17, 15) is 9.18 Å². The molecule has 0 spiro atoms. The lowest BCUT2D eigenvalue weighted by atomic mass is 10.3. The van der Waals surface area contributed by atoms with Gasteiger partial charge in [-0.1, -0.05) is 0 Å². The third-order valence-electron chi connectivity index (χ3n) is 1.85. The maximum Gasteiger partial charge on any atom is 0.238 e. The number of benzene rings is 1. The van der Waals surface area contributed by atoms with Crippen LogP contribution in [0.1, 0.15) is 6.92 Å². The van der Waals surface area contributed by atoms with Gasteiger partial charge >= 0.3 is 0 Å². The average Bonchev–Trinajstić information content (AvgIpc) is 2.21. The zero-order valence-corrected chi connectivity index (χ0v) is 9.03. The van der Waals surface area contributed by atoms with Crippen molar-refractivity contribution in [1.29, 1.82) is 0 Å². The zero-order valence-electron chi connectivity index (χ0n) is 9.03. The van der Waals surface area contributed by atoms with Crippen molar-refractivity contribution < 1.29 is 14.3 Å². The molecule has 0 radical (unpaired) electrons. The monoisotopic (exact) mass is 226 g/mol. The first-order valence-corrected chi connectivity index (χ1v) is 5.02. The van der Waals surface area contributed by atoms with Crippen LogP contribution in [0.15, 0.2) is 24.3 Å². The number of carbonyl (C=O) groups is 1. The molecular weight excluding hydrogens is 211 g/mol. The van der Waals surface area contributed by atoms with Gasteiger partial charge in [0.05, 0.1) is 12.6 Å². The first-order chi connectivity index (χ1) is 7.58. The second-order valence-corrected chi connectivity index (χ2v) is 3.53. The summed E-state index contributed by atoms with van der Waals surface area (Å²) in [7, 11) is 0. The van der Waals surface area contributed by atoms with Gasteiger partial charge in [0, 0.05) is 12.2 Å². The topological polar surface area (TPSA) is 61.4 Å². The standard InChI is InChI=1S/C11H15FN2O2/c1-8(15)6-13-7-11(16)14-10-4-2-9(12)3-5-10/h2-5,8,13,15H,6-7H2,1H3,(H,14,16). The number of carbonyl (C=O) groups excluding carboxylic acids is 1. The molecule has 0 saturated heterocycles. The van der Waals surface area contributed by atoms with E-state index in [0.29, 0.717) is 12.2 Å². The van der Waals surface area contributed by atoms with Crippen molar-refractivity contribution >= 4 is 11.6 Å². The van der Waals surface area contributed by atoms with E-state index in [1.807, 2.05) is 0 Å². The highest BCUT2D eigenvalue weighted by Gasteiger charge is 2.02. The van der Waals surface area contributed by atoms with E-state index in [1.54, 1.807) is 6.92 Å². The Morgan fingerprint density at radius 2 is 2.06 bits per heavy atom. The van der Waals surface area contributed by atoms with E-state index in [2.05, 4.69) is 10.6 Å². The minimum absolute atomic E-state index is 0.113. The Bertz CT molecular complexity index is 338. The van der Waals surface area contributed by atoms with Crippen LogP contribution in [-0.4, -0.2) is 30.2 Å². The van der Waals surface area contributed by atoms with Gasteiger partial charge in [-0.05, 0) is 31.2 Å². The number of rotatable bonds is 5. The fourth-order valence-corrected chi connectivity index (χ4v) is 1.13. The number of aliphatic hydroxyl groups is 1. The van der Waals surface area contributed by atoms with Crippen molar-refractivity contribution in [3.8, 4) is 0 Å². The molecule has 5 heteroatoms. The summed E-state index contributed by atoms with van der Waals surface area (Å²) in [6.45, 7) is 2.10. The lowest BCUT2D eigenvalue weighted by molar-refractivity contribution is -0.115. The predicted molar refractivity (Wildman–Crippen MR) is 59.6 cm³/mol. The fourth-order valence-electron chi connectivity index (χ4n) is 1.13. The van der Waals surface area contributed by atoms with Crippen molar-refractivity contribution in [2.24, 2.45) is 0 Å². The summed E-state index contributed by atoms with van der Waals surface area (Å²) in [5.74, 6) is -0.572. The lowest BCUT2D eigenvalue weighted by Crippen LogP contribution is -2.32. The Morgan fingerprint density at radius 3 is 2.62 bits per heavy atom. The Morgan fingerprint density at radius 1 is 1.44 bits per heavy atom. The normalized spacial score (nSPS) is 12.2. The van der Waals surface area contributed by atoms with Gasteiger partial charge in [-0.15, -0.1) is 0 Å². The van der Waals surface area contributed by atoms with Gasteiger partial charge in [0.2, 0.25) is 5.91 Å². The molecule has 1 aromatic rings. The Labute approximate surface area is 93.5 Å². The highest BCUT2D eigenvalue weighted by Crippen LogP contribution is 2.07. The van der Waals surface area contributed by atoms with E-state index in [-0.39, 0.29) is 18.3 Å². The van der Waals surface area contributed by atoms with Crippen molar-refractivity contribution in [3.05, 3.63) is 30.1 Å². The molecule has 0 bridgehead atoms. The first-order valence-electron chi connectivity index (χ1n) is 5.02. The number of nitrogens with one attached hydrogen (secondary N) is 2. The van der Waals surface area contributed by atoms with Crippen LogP contribution in [0, 0.1) is 5.82 Å². The molecule has 1 amide bonds. The number of hydrogen-bond acceptors (Lipinski definition) is 3. The third kappa shape index (κ3) is 4.86. The highest BCUT2D eigenvalue weighted by molar-refractivity contribution is 5.92. The summed E-state index contributed by atoms with van der Waals surface area (Å²) in [5.41, 5.74) is 0.547. The molecule has 0 heterocycles. The second-order valence-electron chi connectivity index (χ2n) is 3.53. The Balaban J connectivity index is 2.31. The van der Waals surface area contributed by atoms with Gasteiger partial charge in [-0.3, -0.25) is 4.79 Å². The quantitative estimate of drug-likeness (QED) is 0.693. The van der Waals surface area contributed by atoms with Gasteiger partial charge in [0.25, 0.3) is 0 Å². The molecule has 4 nitrogen and oxygen atoms in total. The van der Waals surface area contributed by atoms with E-state index >= 15 is 0 Å². The number of hydrogen-bond donors (Lipinski definition) is 3. The van der Waals surface area contributed by atoms with Crippen LogP contribution < -0.4 is 10.6 Å². The van der Waals surface area contributed by atoms with Crippen LogP contribution in [0.4, 0.5) is 10.1 Å². The molecule has 3 N–H and O–H groups in total. The second kappa shape index (κ2) is 6.19. The van der Waals surface area contributed by atoms with Crippen molar-refractivity contribution in [1.82, 2.24) is 5.32 Å².